The van der Waals surface area contributed by atoms with Crippen LogP contribution in [0.5, 0.6) is 5.75 Å². The van der Waals surface area contributed by atoms with Gasteiger partial charge in [0, 0.05) is 12.0 Å². The van der Waals surface area contributed by atoms with Crippen LogP contribution >= 0.6 is 0 Å². The van der Waals surface area contributed by atoms with Crippen LogP contribution < -0.4 is 4.74 Å². The molecule has 1 nitrogen and oxygen atoms in total. The molecule has 0 N–H and O–H groups in total. The fourth-order valence-corrected chi connectivity index (χ4v) is 1.67. The molecule has 0 unspecified atom stereocenters. The number of unbranched alkanes of at least 4 members (excludes halogenated alkanes) is 4. The lowest BCUT2D eigenvalue weighted by atomic mass is 10.1. The normalized spacial score (nSPS) is 9.44. The molecule has 0 saturated carbocycles. The Hall–Kier alpha value is -1.68. The van der Waals surface area contributed by atoms with Gasteiger partial charge in [-0.25, -0.2) is 0 Å². The van der Waals surface area contributed by atoms with E-state index in [9.17, 15) is 0 Å². The highest BCUT2D eigenvalue weighted by Crippen LogP contribution is 2.16. The third-order valence-electron chi connectivity index (χ3n) is 2.83. The standard InChI is InChI=1S/C17H22O/c1-4-5-6-7-8-9-10-15(2)16-11-13-17(18-3)14-12-16/h11-14H,2,4-8H2,1,3H3. The zero-order chi connectivity index (χ0) is 13.2. The van der Waals surface area contributed by atoms with Gasteiger partial charge in [-0.3, -0.25) is 0 Å². The predicted octanol–water partition coefficient (Wildman–Crippen LogP) is 4.68. The third kappa shape index (κ3) is 5.10. The second-order valence-electron chi connectivity index (χ2n) is 4.32. The van der Waals surface area contributed by atoms with Gasteiger partial charge < -0.3 is 4.74 Å². The molecule has 0 aliphatic rings. The molecule has 0 atom stereocenters. The summed E-state index contributed by atoms with van der Waals surface area (Å²) in [5.41, 5.74) is 1.95. The number of benzene rings is 1. The van der Waals surface area contributed by atoms with Crippen LogP contribution in [-0.2, 0) is 0 Å². The van der Waals surface area contributed by atoms with Crippen LogP contribution in [-0.4, -0.2) is 7.11 Å². The van der Waals surface area contributed by atoms with Crippen molar-refractivity contribution in [3.63, 3.8) is 0 Å². The quantitative estimate of drug-likeness (QED) is 0.520. The first-order valence-electron chi connectivity index (χ1n) is 6.60. The summed E-state index contributed by atoms with van der Waals surface area (Å²) in [6.45, 7) is 6.22. The van der Waals surface area contributed by atoms with Crippen LogP contribution in [0.15, 0.2) is 30.8 Å². The van der Waals surface area contributed by atoms with Gasteiger partial charge in [-0.15, -0.1) is 0 Å². The monoisotopic (exact) mass is 242 g/mol. The molecule has 0 saturated heterocycles. The van der Waals surface area contributed by atoms with E-state index in [4.69, 9.17) is 4.74 Å². The Morgan fingerprint density at radius 3 is 2.50 bits per heavy atom. The van der Waals surface area contributed by atoms with Gasteiger partial charge in [0.15, 0.2) is 0 Å². The zero-order valence-corrected chi connectivity index (χ0v) is 11.5. The van der Waals surface area contributed by atoms with E-state index in [2.05, 4.69) is 25.3 Å². The van der Waals surface area contributed by atoms with Crippen molar-refractivity contribution in [2.24, 2.45) is 0 Å². The van der Waals surface area contributed by atoms with Crippen molar-refractivity contribution in [3.05, 3.63) is 36.4 Å². The summed E-state index contributed by atoms with van der Waals surface area (Å²) in [5, 5.41) is 0. The molecule has 0 aromatic heterocycles. The van der Waals surface area contributed by atoms with Crippen LogP contribution in [0.3, 0.4) is 0 Å². The van der Waals surface area contributed by atoms with Crippen LogP contribution in [0.4, 0.5) is 0 Å². The lowest BCUT2D eigenvalue weighted by molar-refractivity contribution is 0.415. The third-order valence-corrected chi connectivity index (χ3v) is 2.83. The van der Waals surface area contributed by atoms with E-state index >= 15 is 0 Å². The number of ether oxygens (including phenoxy) is 1. The molecular formula is C17H22O. The van der Waals surface area contributed by atoms with E-state index in [-0.39, 0.29) is 0 Å². The number of rotatable bonds is 6. The molecule has 1 aromatic carbocycles. The molecule has 0 aliphatic carbocycles. The summed E-state index contributed by atoms with van der Waals surface area (Å²) >= 11 is 0. The predicted molar refractivity (Wildman–Crippen MR) is 78.6 cm³/mol. The fraction of sp³-hybridized carbons (Fsp3) is 0.412. The van der Waals surface area contributed by atoms with Gasteiger partial charge in [-0.05, 0) is 24.1 Å². The molecule has 0 aliphatic heterocycles. The molecule has 0 heterocycles. The van der Waals surface area contributed by atoms with E-state index < -0.39 is 0 Å². The fourth-order valence-electron chi connectivity index (χ4n) is 1.67. The van der Waals surface area contributed by atoms with Crippen molar-refractivity contribution in [1.82, 2.24) is 0 Å². The second kappa shape index (κ2) is 8.42. The number of allylic oxidation sites excluding steroid dienone is 1. The van der Waals surface area contributed by atoms with Gasteiger partial charge in [0.1, 0.15) is 5.75 Å². The van der Waals surface area contributed by atoms with Gasteiger partial charge in [-0.2, -0.15) is 0 Å². The van der Waals surface area contributed by atoms with E-state index in [0.717, 1.165) is 23.3 Å². The highest BCUT2D eigenvalue weighted by atomic mass is 16.5. The Bertz CT molecular complexity index is 417. The Balaban J connectivity index is 2.42. The van der Waals surface area contributed by atoms with Crippen LogP contribution in [0.1, 0.15) is 44.6 Å². The molecule has 1 rings (SSSR count). The summed E-state index contributed by atoms with van der Waals surface area (Å²) in [6, 6.07) is 7.85. The highest BCUT2D eigenvalue weighted by molar-refractivity contribution is 5.77. The van der Waals surface area contributed by atoms with Crippen molar-refractivity contribution in [1.29, 1.82) is 0 Å². The average molecular weight is 242 g/mol. The second-order valence-corrected chi connectivity index (χ2v) is 4.32. The first-order valence-corrected chi connectivity index (χ1v) is 6.60. The smallest absolute Gasteiger partial charge is 0.118 e. The molecule has 0 fully saturated rings. The first kappa shape index (κ1) is 14.4. The van der Waals surface area contributed by atoms with E-state index in [0.29, 0.717) is 0 Å². The maximum atomic E-state index is 5.12. The minimum absolute atomic E-state index is 0.860. The topological polar surface area (TPSA) is 9.23 Å². The Kier molecular flexibility index (Phi) is 6.72. The number of hydrogen-bond donors (Lipinski definition) is 0. The number of methoxy groups -OCH3 is 1. The lowest BCUT2D eigenvalue weighted by Gasteiger charge is -2.01. The molecule has 0 amide bonds. The van der Waals surface area contributed by atoms with Crippen LogP contribution in [0, 0.1) is 11.8 Å². The molecule has 96 valence electrons. The molecule has 18 heavy (non-hydrogen) atoms. The van der Waals surface area contributed by atoms with Crippen molar-refractivity contribution in [2.45, 2.75) is 39.0 Å². The van der Waals surface area contributed by atoms with E-state index in [1.165, 1.54) is 25.7 Å². The number of hydrogen-bond acceptors (Lipinski definition) is 1. The van der Waals surface area contributed by atoms with Crippen molar-refractivity contribution in [2.75, 3.05) is 7.11 Å². The van der Waals surface area contributed by atoms with Gasteiger partial charge in [-0.1, -0.05) is 56.7 Å². The summed E-state index contributed by atoms with van der Waals surface area (Å²) < 4.78 is 5.12. The van der Waals surface area contributed by atoms with Gasteiger partial charge in [0.25, 0.3) is 0 Å². The molecular weight excluding hydrogens is 220 g/mol. The van der Waals surface area contributed by atoms with Crippen LogP contribution in [0.2, 0.25) is 0 Å². The molecule has 1 heteroatoms. The average Bonchev–Trinajstić information content (AvgIpc) is 2.42. The highest BCUT2D eigenvalue weighted by Gasteiger charge is 1.95. The molecule has 0 bridgehead atoms. The van der Waals surface area contributed by atoms with Crippen molar-refractivity contribution < 1.29 is 4.74 Å². The van der Waals surface area contributed by atoms with Gasteiger partial charge >= 0.3 is 0 Å². The van der Waals surface area contributed by atoms with Gasteiger partial charge in [0.2, 0.25) is 0 Å². The van der Waals surface area contributed by atoms with Crippen LogP contribution in [0.25, 0.3) is 5.57 Å². The Morgan fingerprint density at radius 1 is 1.17 bits per heavy atom. The Morgan fingerprint density at radius 2 is 1.89 bits per heavy atom. The summed E-state index contributed by atoms with van der Waals surface area (Å²) in [6.07, 6.45) is 6.01. The molecule has 1 aromatic rings. The van der Waals surface area contributed by atoms with Crippen molar-refractivity contribution >= 4 is 5.57 Å². The minimum Gasteiger partial charge on any atom is -0.497 e. The maximum Gasteiger partial charge on any atom is 0.118 e. The maximum absolute atomic E-state index is 5.12. The first-order chi connectivity index (χ1) is 8.77. The Labute approximate surface area is 111 Å². The minimum atomic E-state index is 0.860. The summed E-state index contributed by atoms with van der Waals surface area (Å²) in [5.74, 6) is 7.18. The summed E-state index contributed by atoms with van der Waals surface area (Å²) in [7, 11) is 1.67. The van der Waals surface area contributed by atoms with Crippen molar-refractivity contribution in [3.8, 4) is 17.6 Å². The zero-order valence-electron chi connectivity index (χ0n) is 11.5. The molecule has 0 spiro atoms. The SMILES string of the molecule is C=C(C#CCCCCCC)c1ccc(OC)cc1. The largest absolute Gasteiger partial charge is 0.497 e. The van der Waals surface area contributed by atoms with Gasteiger partial charge in [0.05, 0.1) is 7.11 Å². The molecule has 0 radical (unpaired) electrons. The lowest BCUT2D eigenvalue weighted by Crippen LogP contribution is -1.84. The summed E-state index contributed by atoms with van der Waals surface area (Å²) in [4.78, 5) is 0. The van der Waals surface area contributed by atoms with E-state index in [1.54, 1.807) is 7.11 Å². The van der Waals surface area contributed by atoms with E-state index in [1.807, 2.05) is 24.3 Å².